The van der Waals surface area contributed by atoms with Crippen molar-refractivity contribution in [3.8, 4) is 17.2 Å². The number of piperazine rings is 2. The van der Waals surface area contributed by atoms with E-state index in [1.165, 1.54) is 29.7 Å². The van der Waals surface area contributed by atoms with E-state index in [1.807, 2.05) is 53.7 Å². The van der Waals surface area contributed by atoms with Gasteiger partial charge in [-0.25, -0.2) is 40.2 Å². The molecule has 2 amide bonds. The Morgan fingerprint density at radius 1 is 0.450 bits per heavy atom. The number of hydrogen-bond donors (Lipinski definition) is 8. The van der Waals surface area contributed by atoms with Gasteiger partial charge in [0, 0.05) is 109 Å². The second kappa shape index (κ2) is 49.1. The molecule has 3 aromatic heterocycles. The zero-order valence-electron chi connectivity index (χ0n) is 83.9. The molecule has 37 heteroatoms. The summed E-state index contributed by atoms with van der Waals surface area (Å²) in [6.45, 7) is 34.1. The number of para-hydroxylation sites is 3. The number of allylic oxidation sites excluding steroid dienone is 2. The number of methoxy groups -OCH3 is 1. The van der Waals surface area contributed by atoms with Crippen LogP contribution in [0.4, 0.5) is 69.4 Å². The Kier molecular flexibility index (Phi) is 38.0. The van der Waals surface area contributed by atoms with Gasteiger partial charge in [-0.15, -0.1) is 0 Å². The van der Waals surface area contributed by atoms with Gasteiger partial charge in [-0.05, 0) is 287 Å². The van der Waals surface area contributed by atoms with Crippen LogP contribution < -0.4 is 56.7 Å². The summed E-state index contributed by atoms with van der Waals surface area (Å²) < 4.78 is 102. The van der Waals surface area contributed by atoms with Crippen molar-refractivity contribution in [2.45, 2.75) is 227 Å². The first-order valence-corrected chi connectivity index (χ1v) is 54.0. The molecule has 9 aromatic rings. The fourth-order valence-corrected chi connectivity index (χ4v) is 21.8. The smallest absolute Gasteiger partial charge is 0.251 e. The molecule has 140 heavy (non-hydrogen) atoms. The summed E-state index contributed by atoms with van der Waals surface area (Å²) in [5.74, 6) is 3.29. The van der Waals surface area contributed by atoms with Gasteiger partial charge in [-0.2, -0.15) is 15.0 Å². The molecule has 0 unspecified atom stereocenters. The monoisotopic (exact) mass is 2030 g/mol. The van der Waals surface area contributed by atoms with Crippen LogP contribution in [0.2, 0.25) is 15.1 Å². The van der Waals surface area contributed by atoms with E-state index in [2.05, 4.69) is 149 Å². The highest BCUT2D eigenvalue weighted by molar-refractivity contribution is 7.92. The Hall–Kier alpha value is -10.3. The van der Waals surface area contributed by atoms with E-state index >= 15 is 0 Å². The molecular weight excluding hydrogens is 1900 g/mol. The Morgan fingerprint density at radius 3 is 1.10 bits per heavy atom. The number of likely N-dealkylation sites (N-methyl/N-ethyl adjacent to an activating group) is 3. The molecule has 8 N–H and O–H groups in total. The van der Waals surface area contributed by atoms with Crippen molar-refractivity contribution >= 4 is 157 Å². The number of nitrogens with zero attached hydrogens (tertiary/aromatic N) is 11. The van der Waals surface area contributed by atoms with Crippen LogP contribution in [0.5, 0.6) is 17.2 Å². The predicted molar refractivity (Wildman–Crippen MR) is 564 cm³/mol. The van der Waals surface area contributed by atoms with Crippen molar-refractivity contribution < 1.29 is 53.8 Å². The molecule has 3 fully saturated rings. The van der Waals surface area contributed by atoms with E-state index in [0.717, 1.165) is 163 Å². The lowest BCUT2D eigenvalue weighted by Crippen LogP contribution is -2.49. The first-order valence-electron chi connectivity index (χ1n) is 48.2. The van der Waals surface area contributed by atoms with E-state index in [0.29, 0.717) is 86.9 Å². The summed E-state index contributed by atoms with van der Waals surface area (Å²) in [7, 11) is 0.817. The zero-order valence-corrected chi connectivity index (χ0v) is 88.6. The van der Waals surface area contributed by atoms with Crippen LogP contribution in [0.1, 0.15) is 196 Å². The SMILES string of the molecule is CNC(=O)c1cc(Nc2ncc(Cl)c(Nc3ccccc3S(=O)(=O)C(C)C)n2)c(OC(C)C)cc1C1=CC[C@@H](N2CCN(C)CC2)CC1.CNC(=O)c1cc(Nc2ncc(Cl)c(Nc3ccccc3S(=O)(=O)C(C)C)n2)c(OC(C)C)cc1C1=CC[C@H](N2CCN(C)CC2)CC1.COCCN(C)C1CCC(c2cc(OC(C)C)c(Nc3ncc(Cl)c(Nc4ccccc4S(=O)(=O)C(C)C)n3)cc2C)CC1. The molecule has 2 saturated heterocycles. The molecule has 0 spiro atoms. The summed E-state index contributed by atoms with van der Waals surface area (Å²) in [6, 6.07) is 33.2. The van der Waals surface area contributed by atoms with E-state index in [9.17, 15) is 34.8 Å². The van der Waals surface area contributed by atoms with E-state index in [4.69, 9.17) is 53.8 Å². The van der Waals surface area contributed by atoms with Gasteiger partial charge in [0.1, 0.15) is 32.3 Å². The molecule has 14 rings (SSSR count). The maximum Gasteiger partial charge on any atom is 0.251 e. The summed E-state index contributed by atoms with van der Waals surface area (Å²) in [5.41, 5.74) is 10.3. The second-order valence-electron chi connectivity index (χ2n) is 37.8. The summed E-state index contributed by atoms with van der Waals surface area (Å²) >= 11 is 19.4. The molecule has 6 aromatic carbocycles. The minimum atomic E-state index is -3.58. The van der Waals surface area contributed by atoms with Gasteiger partial charge in [0.25, 0.3) is 11.8 Å². The predicted octanol–water partition coefficient (Wildman–Crippen LogP) is 19.8. The third-order valence-corrected chi connectivity index (χ3v) is 33.2. The average molecular weight is 2040 g/mol. The quantitative estimate of drug-likeness (QED) is 0.0183. The first kappa shape index (κ1) is 108. The number of nitrogens with one attached hydrogen (secondary N) is 8. The molecule has 5 heterocycles. The molecule has 3 aliphatic carbocycles. The Labute approximate surface area is 842 Å². The number of amides is 2. The molecule has 5 aliphatic rings. The Bertz CT molecular complexity index is 5990. The normalized spacial score (nSPS) is 17.6. The van der Waals surface area contributed by atoms with Crippen molar-refractivity contribution in [1.82, 2.24) is 65.0 Å². The lowest BCUT2D eigenvalue weighted by molar-refractivity contribution is 0.0954. The molecular formula is C103H138Cl3N19O12S3. The van der Waals surface area contributed by atoms with Gasteiger partial charge in [-0.3, -0.25) is 19.4 Å². The number of rotatable bonds is 35. The number of hydrogen-bond acceptors (Lipinski definition) is 29. The average Bonchev–Trinajstić information content (AvgIpc) is 0.789. The lowest BCUT2D eigenvalue weighted by Gasteiger charge is -2.39. The Morgan fingerprint density at radius 2 is 0.786 bits per heavy atom. The highest BCUT2D eigenvalue weighted by Crippen LogP contribution is 2.46. The summed E-state index contributed by atoms with van der Waals surface area (Å²) in [6.07, 6.45) is 18.8. The van der Waals surface area contributed by atoms with E-state index in [1.54, 1.807) is 148 Å². The number of carbonyl (C=O) groups excluding carboxylic acids is 2. The fourth-order valence-electron chi connectivity index (χ4n) is 17.7. The van der Waals surface area contributed by atoms with Crippen molar-refractivity contribution in [2.75, 3.05) is 140 Å². The lowest BCUT2D eigenvalue weighted by atomic mass is 9.79. The van der Waals surface area contributed by atoms with Crippen LogP contribution >= 0.6 is 34.8 Å². The van der Waals surface area contributed by atoms with Crippen LogP contribution in [-0.2, 0) is 34.2 Å². The Balaban J connectivity index is 0.000000188. The minimum Gasteiger partial charge on any atom is -0.489 e. The highest BCUT2D eigenvalue weighted by Gasteiger charge is 2.35. The van der Waals surface area contributed by atoms with Crippen LogP contribution in [0, 0.1) is 6.92 Å². The fraction of sp³-hybridized carbons (Fsp3) is 0.476. The number of anilines is 12. The maximum absolute atomic E-state index is 13.3. The number of halogens is 3. The zero-order chi connectivity index (χ0) is 101. The molecule has 2 atom stereocenters. The van der Waals surface area contributed by atoms with Crippen molar-refractivity contribution in [3.63, 3.8) is 0 Å². The number of sulfone groups is 3. The summed E-state index contributed by atoms with van der Waals surface area (Å²) in [5, 5.41) is 23.5. The van der Waals surface area contributed by atoms with E-state index < -0.39 is 45.3 Å². The molecule has 1 saturated carbocycles. The van der Waals surface area contributed by atoms with Gasteiger partial charge in [0.05, 0.1) is 108 Å². The van der Waals surface area contributed by atoms with Crippen LogP contribution in [0.3, 0.4) is 0 Å². The third-order valence-electron chi connectivity index (χ3n) is 25.8. The van der Waals surface area contributed by atoms with Gasteiger partial charge in [-0.1, -0.05) is 83.4 Å². The largest absolute Gasteiger partial charge is 0.489 e. The topological polar surface area (TPSA) is 363 Å². The highest BCUT2D eigenvalue weighted by atomic mass is 35.5. The summed E-state index contributed by atoms with van der Waals surface area (Å²) in [4.78, 5) is 66.3. The van der Waals surface area contributed by atoms with Crippen LogP contribution in [-0.4, -0.2) is 252 Å². The van der Waals surface area contributed by atoms with Crippen LogP contribution in [0.25, 0.3) is 11.1 Å². The number of carbonyl (C=O) groups is 2. The minimum absolute atomic E-state index is 0.0287. The maximum atomic E-state index is 13.3. The second-order valence-corrected chi connectivity index (χ2v) is 46.5. The van der Waals surface area contributed by atoms with Gasteiger partial charge >= 0.3 is 0 Å². The number of ether oxygens (including phenoxy) is 4. The van der Waals surface area contributed by atoms with Crippen molar-refractivity contribution in [2.24, 2.45) is 0 Å². The molecule has 756 valence electrons. The first-order chi connectivity index (χ1) is 66.6. The third kappa shape index (κ3) is 27.8. The van der Waals surface area contributed by atoms with Gasteiger partial charge < -0.3 is 76.2 Å². The van der Waals surface area contributed by atoms with Crippen molar-refractivity contribution in [1.29, 1.82) is 0 Å². The van der Waals surface area contributed by atoms with E-state index in [-0.39, 0.29) is 83.4 Å². The molecule has 0 radical (unpaired) electrons. The van der Waals surface area contributed by atoms with Crippen LogP contribution in [0.15, 0.2) is 155 Å². The number of benzene rings is 6. The van der Waals surface area contributed by atoms with Gasteiger partial charge in [0.2, 0.25) is 17.8 Å². The molecule has 2 aliphatic heterocycles. The number of aryl methyl sites for hydroxylation is 1. The molecule has 31 nitrogen and oxygen atoms in total. The standard InChI is InChI=1S/2C35H46ClN7O4S.C33H46ClN5O4S/c2*1-22(2)47-31-20-26(24-11-13-25(14-12-24)43-17-15-42(6)16-18-43)27(34(44)37-5)19-30(31)40-35-38-21-28(36)33(41-35)39-29-9-7-8-10-32(29)48(45,46)23(3)4;1-21(2)43-30-19-26(24-12-14-25(15-13-24)39(6)16-17-42-7)23(5)18-29(30)37-33-35-20-27(34)32(38-33)36-28-10-8-9-11-31(28)44(40,41)22(3)4/h2*7-11,19-23,25H,12-18H2,1-6H3,(H,37,44)(H2,38,39,40,41);8-11,18-22,24-25H,12-17H2,1-7H3,(H2,35,36,37,38)/t2*25-;/m10./s1. The van der Waals surface area contributed by atoms with Gasteiger partial charge in [0.15, 0.2) is 47.0 Å². The molecule has 0 bridgehead atoms. The number of aromatic nitrogens is 6. The van der Waals surface area contributed by atoms with Crippen molar-refractivity contribution in [3.05, 3.63) is 188 Å².